The van der Waals surface area contributed by atoms with Crippen molar-refractivity contribution in [1.82, 2.24) is 5.32 Å². The summed E-state index contributed by atoms with van der Waals surface area (Å²) in [5, 5.41) is 2.83. The molecular formula is C20H25FN2O4S. The first-order valence-electron chi connectivity index (χ1n) is 8.83. The molecule has 152 valence electrons. The van der Waals surface area contributed by atoms with Crippen molar-refractivity contribution >= 4 is 21.6 Å². The van der Waals surface area contributed by atoms with Crippen molar-refractivity contribution in [2.45, 2.75) is 37.6 Å². The molecule has 0 bridgehead atoms. The Kier molecular flexibility index (Phi) is 6.66. The highest BCUT2D eigenvalue weighted by molar-refractivity contribution is 7.92. The van der Waals surface area contributed by atoms with Crippen LogP contribution >= 0.6 is 0 Å². The van der Waals surface area contributed by atoms with Crippen LogP contribution in [0.4, 0.5) is 10.1 Å². The third-order valence-electron chi connectivity index (χ3n) is 4.40. The molecular weight excluding hydrogens is 383 g/mol. The molecule has 2 aromatic carbocycles. The van der Waals surface area contributed by atoms with E-state index in [1.54, 1.807) is 24.3 Å². The molecule has 8 heteroatoms. The van der Waals surface area contributed by atoms with Crippen LogP contribution in [0.3, 0.4) is 0 Å². The Balaban J connectivity index is 2.50. The number of halogens is 1. The highest BCUT2D eigenvalue weighted by Gasteiger charge is 2.30. The SMILES string of the molecule is CCC(C)(C)NC(=O)CN(c1ccccc1OC)S(=O)(=O)c1ccc(F)cc1. The molecule has 0 saturated heterocycles. The zero-order valence-electron chi connectivity index (χ0n) is 16.4. The van der Waals surface area contributed by atoms with Gasteiger partial charge in [0.25, 0.3) is 10.0 Å². The van der Waals surface area contributed by atoms with E-state index in [1.807, 2.05) is 20.8 Å². The lowest BCUT2D eigenvalue weighted by atomic mass is 10.0. The number of sulfonamides is 1. The number of hydrogen-bond donors (Lipinski definition) is 1. The number of nitrogens with one attached hydrogen (secondary N) is 1. The predicted octanol–water partition coefficient (Wildman–Crippen LogP) is 3.33. The van der Waals surface area contributed by atoms with Crippen molar-refractivity contribution in [2.24, 2.45) is 0 Å². The first-order chi connectivity index (χ1) is 13.1. The van der Waals surface area contributed by atoms with Crippen molar-refractivity contribution in [3.05, 3.63) is 54.3 Å². The molecule has 1 amide bonds. The van der Waals surface area contributed by atoms with Gasteiger partial charge in [-0.25, -0.2) is 12.8 Å². The summed E-state index contributed by atoms with van der Waals surface area (Å²) in [5.74, 6) is -0.704. The summed E-state index contributed by atoms with van der Waals surface area (Å²) in [6.45, 7) is 5.19. The van der Waals surface area contributed by atoms with Crippen LogP contribution in [-0.4, -0.2) is 33.5 Å². The largest absolute Gasteiger partial charge is 0.495 e. The van der Waals surface area contributed by atoms with Crippen LogP contribution in [0.5, 0.6) is 5.75 Å². The highest BCUT2D eigenvalue weighted by atomic mass is 32.2. The van der Waals surface area contributed by atoms with Crippen LogP contribution in [0.25, 0.3) is 0 Å². The minimum absolute atomic E-state index is 0.123. The number of carbonyl (C=O) groups is 1. The lowest BCUT2D eigenvalue weighted by Gasteiger charge is -2.29. The summed E-state index contributed by atoms with van der Waals surface area (Å²) in [7, 11) is -2.72. The quantitative estimate of drug-likeness (QED) is 0.727. The Morgan fingerprint density at radius 3 is 2.32 bits per heavy atom. The highest BCUT2D eigenvalue weighted by Crippen LogP contribution is 2.32. The number of methoxy groups -OCH3 is 1. The average molecular weight is 408 g/mol. The van der Waals surface area contributed by atoms with Gasteiger partial charge in [0.15, 0.2) is 0 Å². The summed E-state index contributed by atoms with van der Waals surface area (Å²) in [4.78, 5) is 12.5. The zero-order valence-corrected chi connectivity index (χ0v) is 17.2. The van der Waals surface area contributed by atoms with Gasteiger partial charge in [-0.15, -0.1) is 0 Å². The van der Waals surface area contributed by atoms with Crippen LogP contribution in [0.2, 0.25) is 0 Å². The number of nitrogens with zero attached hydrogens (tertiary/aromatic N) is 1. The van der Waals surface area contributed by atoms with Gasteiger partial charge in [0.1, 0.15) is 18.1 Å². The molecule has 28 heavy (non-hydrogen) atoms. The van der Waals surface area contributed by atoms with E-state index >= 15 is 0 Å². The fourth-order valence-corrected chi connectivity index (χ4v) is 3.94. The molecule has 0 radical (unpaired) electrons. The number of ether oxygens (including phenoxy) is 1. The van der Waals surface area contributed by atoms with Gasteiger partial charge in [-0.2, -0.15) is 0 Å². The van der Waals surface area contributed by atoms with Gasteiger partial charge >= 0.3 is 0 Å². The fraction of sp³-hybridized carbons (Fsp3) is 0.350. The van der Waals surface area contributed by atoms with E-state index in [2.05, 4.69) is 5.32 Å². The molecule has 0 aromatic heterocycles. The molecule has 2 aromatic rings. The molecule has 0 heterocycles. The van der Waals surface area contributed by atoms with Gasteiger partial charge in [-0.3, -0.25) is 9.10 Å². The molecule has 2 rings (SSSR count). The van der Waals surface area contributed by atoms with Crippen molar-refractivity contribution in [3.63, 3.8) is 0 Å². The summed E-state index contributed by atoms with van der Waals surface area (Å²) in [5.41, 5.74) is -0.262. The lowest BCUT2D eigenvalue weighted by Crippen LogP contribution is -2.48. The second kappa shape index (κ2) is 8.60. The third-order valence-corrected chi connectivity index (χ3v) is 6.18. The summed E-state index contributed by atoms with van der Waals surface area (Å²) < 4.78 is 46.0. The maximum atomic E-state index is 13.3. The first kappa shape index (κ1) is 21.7. The number of para-hydroxylation sites is 2. The predicted molar refractivity (Wildman–Crippen MR) is 106 cm³/mol. The molecule has 0 spiro atoms. The van der Waals surface area contributed by atoms with Gasteiger partial charge in [0.05, 0.1) is 17.7 Å². The van der Waals surface area contributed by atoms with Crippen molar-refractivity contribution < 1.29 is 22.3 Å². The minimum Gasteiger partial charge on any atom is -0.495 e. The van der Waals surface area contributed by atoms with Crippen LogP contribution in [-0.2, 0) is 14.8 Å². The maximum absolute atomic E-state index is 13.3. The topological polar surface area (TPSA) is 75.7 Å². The van der Waals surface area contributed by atoms with Gasteiger partial charge in [-0.05, 0) is 56.7 Å². The normalized spacial score (nSPS) is 11.8. The Morgan fingerprint density at radius 2 is 1.75 bits per heavy atom. The van der Waals surface area contributed by atoms with E-state index in [1.165, 1.54) is 19.2 Å². The number of benzene rings is 2. The van der Waals surface area contributed by atoms with Crippen LogP contribution < -0.4 is 14.4 Å². The number of carbonyl (C=O) groups excluding carboxylic acids is 1. The molecule has 6 nitrogen and oxygen atoms in total. The third kappa shape index (κ3) is 5.01. The van der Waals surface area contributed by atoms with E-state index in [9.17, 15) is 17.6 Å². The van der Waals surface area contributed by atoms with Crippen molar-refractivity contribution in [3.8, 4) is 5.75 Å². The monoisotopic (exact) mass is 408 g/mol. The second-order valence-corrected chi connectivity index (χ2v) is 8.79. The second-order valence-electron chi connectivity index (χ2n) is 6.92. The number of amides is 1. The number of hydrogen-bond acceptors (Lipinski definition) is 4. The zero-order chi connectivity index (χ0) is 20.9. The van der Waals surface area contributed by atoms with Gasteiger partial charge in [0, 0.05) is 5.54 Å². The molecule has 0 aliphatic heterocycles. The molecule has 1 N–H and O–H groups in total. The van der Waals surface area contributed by atoms with Crippen molar-refractivity contribution in [1.29, 1.82) is 0 Å². The first-order valence-corrected chi connectivity index (χ1v) is 10.3. The van der Waals surface area contributed by atoms with E-state index in [-0.39, 0.29) is 10.6 Å². The molecule has 0 fully saturated rings. The standard InChI is InChI=1S/C20H25FN2O4S/c1-5-20(2,3)22-19(24)14-23(17-8-6-7-9-18(17)27-4)28(25,26)16-12-10-15(21)11-13-16/h6-13H,5,14H2,1-4H3,(H,22,24). The van der Waals surface area contributed by atoms with Crippen molar-refractivity contribution in [2.75, 3.05) is 18.0 Å². The molecule has 0 saturated carbocycles. The van der Waals surface area contributed by atoms with Crippen LogP contribution in [0.1, 0.15) is 27.2 Å². The van der Waals surface area contributed by atoms with E-state index in [0.717, 1.165) is 16.4 Å². The molecule has 0 aliphatic carbocycles. The summed E-state index contributed by atoms with van der Waals surface area (Å²) in [6.07, 6.45) is 0.679. The van der Waals surface area contributed by atoms with Gasteiger partial charge < -0.3 is 10.1 Å². The Hall–Kier alpha value is -2.61. The number of anilines is 1. The fourth-order valence-electron chi connectivity index (χ4n) is 2.51. The molecule has 0 aliphatic rings. The average Bonchev–Trinajstić information content (AvgIpc) is 2.66. The Bertz CT molecular complexity index is 927. The van der Waals surface area contributed by atoms with E-state index < -0.39 is 33.8 Å². The number of rotatable bonds is 8. The maximum Gasteiger partial charge on any atom is 0.264 e. The summed E-state index contributed by atoms with van der Waals surface area (Å²) in [6, 6.07) is 11.0. The molecule has 0 unspecified atom stereocenters. The van der Waals surface area contributed by atoms with Gasteiger partial charge in [0.2, 0.25) is 5.91 Å². The van der Waals surface area contributed by atoms with Crippen LogP contribution in [0, 0.1) is 5.82 Å². The lowest BCUT2D eigenvalue weighted by molar-refractivity contribution is -0.121. The van der Waals surface area contributed by atoms with Crippen LogP contribution in [0.15, 0.2) is 53.4 Å². The molecule has 0 atom stereocenters. The Labute approximate surface area is 165 Å². The smallest absolute Gasteiger partial charge is 0.264 e. The summed E-state index contributed by atoms with van der Waals surface area (Å²) >= 11 is 0. The van der Waals surface area contributed by atoms with Gasteiger partial charge in [-0.1, -0.05) is 19.1 Å². The minimum atomic E-state index is -4.14. The van der Waals surface area contributed by atoms with E-state index in [0.29, 0.717) is 12.2 Å². The Morgan fingerprint density at radius 1 is 1.14 bits per heavy atom. The van der Waals surface area contributed by atoms with E-state index in [4.69, 9.17) is 4.74 Å².